The van der Waals surface area contributed by atoms with Crippen molar-refractivity contribution in [2.24, 2.45) is 0 Å². The number of hydrogen-bond donors (Lipinski definition) is 1. The average molecular weight is 189 g/mol. The summed E-state index contributed by atoms with van der Waals surface area (Å²) in [6, 6.07) is 1.58. The molecule has 0 atom stereocenters. The van der Waals surface area contributed by atoms with Crippen molar-refractivity contribution in [3.05, 3.63) is 15.4 Å². The van der Waals surface area contributed by atoms with Gasteiger partial charge in [-0.05, 0) is 0 Å². The van der Waals surface area contributed by atoms with Crippen LogP contribution in [0.4, 0.5) is 0 Å². The molecular formula is C6H6O2Se. The molecule has 3 heteroatoms. The summed E-state index contributed by atoms with van der Waals surface area (Å²) in [5.74, 6) is 0.139. The summed E-state index contributed by atoms with van der Waals surface area (Å²) < 4.78 is 0.586. The van der Waals surface area contributed by atoms with Crippen LogP contribution in [0.25, 0.3) is 0 Å². The maximum atomic E-state index is 10.6. The Kier molecular flexibility index (Phi) is 1.74. The Labute approximate surface area is 58.9 Å². The molecular weight excluding hydrogens is 183 g/mol. The molecule has 1 heterocycles. The summed E-state index contributed by atoms with van der Waals surface area (Å²) >= 11 is 0.0793. The molecule has 0 bridgehead atoms. The van der Waals surface area contributed by atoms with Gasteiger partial charge in [0.15, 0.2) is 0 Å². The summed E-state index contributed by atoms with van der Waals surface area (Å²) in [5.41, 5.74) is 0. The molecule has 0 fully saturated rings. The third-order valence-electron chi connectivity index (χ3n) is 0.964. The Bertz CT molecular complexity index is 227. The first kappa shape index (κ1) is 6.59. The van der Waals surface area contributed by atoms with Gasteiger partial charge in [-0.15, -0.1) is 0 Å². The first-order valence-electron chi connectivity index (χ1n) is 2.49. The zero-order valence-corrected chi connectivity index (χ0v) is 6.63. The Morgan fingerprint density at radius 3 is 2.67 bits per heavy atom. The summed E-state index contributed by atoms with van der Waals surface area (Å²) in [6.45, 7) is 1.47. The van der Waals surface area contributed by atoms with Crippen LogP contribution in [0.2, 0.25) is 0 Å². The van der Waals surface area contributed by atoms with Crippen molar-refractivity contribution in [1.29, 1.82) is 0 Å². The van der Waals surface area contributed by atoms with Gasteiger partial charge in [-0.25, -0.2) is 0 Å². The van der Waals surface area contributed by atoms with E-state index >= 15 is 0 Å². The molecule has 0 aliphatic heterocycles. The summed E-state index contributed by atoms with van der Waals surface area (Å²) in [6.07, 6.45) is 0. The quantitative estimate of drug-likeness (QED) is 0.520. The normalized spacial score (nSPS) is 9.44. The van der Waals surface area contributed by atoms with Crippen LogP contribution in [0.3, 0.4) is 0 Å². The number of rotatable bonds is 1. The number of Topliss-reactive ketones (excluding diaryl/α,β-unsaturated/α-hetero) is 1. The Balaban J connectivity index is 3.08. The van der Waals surface area contributed by atoms with Crippen LogP contribution >= 0.6 is 0 Å². The molecule has 0 saturated carbocycles. The van der Waals surface area contributed by atoms with E-state index in [9.17, 15) is 4.79 Å². The fourth-order valence-electron chi connectivity index (χ4n) is 0.566. The van der Waals surface area contributed by atoms with Crippen molar-refractivity contribution >= 4 is 20.3 Å². The molecule has 9 heavy (non-hydrogen) atoms. The number of carbonyl (C=O) groups excluding carboxylic acids is 1. The third-order valence-corrected chi connectivity index (χ3v) is 3.07. The molecule has 0 amide bonds. The fraction of sp³-hybridized carbons (Fsp3) is 0.167. The van der Waals surface area contributed by atoms with Crippen molar-refractivity contribution in [1.82, 2.24) is 0 Å². The minimum absolute atomic E-state index is 0.0162. The van der Waals surface area contributed by atoms with Crippen LogP contribution in [-0.4, -0.2) is 25.4 Å². The van der Waals surface area contributed by atoms with E-state index in [0.29, 0.717) is 4.44 Å². The summed E-state index contributed by atoms with van der Waals surface area (Å²) in [4.78, 5) is 12.4. The van der Waals surface area contributed by atoms with Crippen LogP contribution in [0.15, 0.2) is 11.0 Å². The molecule has 1 N–H and O–H groups in total. The second-order valence-electron chi connectivity index (χ2n) is 1.69. The van der Waals surface area contributed by atoms with E-state index in [4.69, 9.17) is 5.11 Å². The molecule has 1 aromatic heterocycles. The van der Waals surface area contributed by atoms with E-state index in [0.717, 1.165) is 0 Å². The average Bonchev–Trinajstić information content (AvgIpc) is 2.13. The van der Waals surface area contributed by atoms with Crippen LogP contribution in [0.1, 0.15) is 16.2 Å². The Morgan fingerprint density at radius 2 is 2.44 bits per heavy atom. The molecule has 0 aromatic carbocycles. The van der Waals surface area contributed by atoms with E-state index in [1.165, 1.54) is 6.92 Å². The topological polar surface area (TPSA) is 37.3 Å². The van der Waals surface area contributed by atoms with Gasteiger partial charge in [0.05, 0.1) is 0 Å². The Hall–Kier alpha value is -0.531. The van der Waals surface area contributed by atoms with E-state index in [2.05, 4.69) is 0 Å². The molecule has 1 rings (SSSR count). The molecule has 0 aliphatic rings. The predicted molar refractivity (Wildman–Crippen MR) is 35.1 cm³/mol. The zero-order chi connectivity index (χ0) is 6.85. The van der Waals surface area contributed by atoms with Crippen molar-refractivity contribution in [3.63, 3.8) is 0 Å². The first-order valence-corrected chi connectivity index (χ1v) is 4.34. The number of hydrogen-bond acceptors (Lipinski definition) is 2. The van der Waals surface area contributed by atoms with E-state index < -0.39 is 0 Å². The molecule has 48 valence electrons. The van der Waals surface area contributed by atoms with Gasteiger partial charge in [0.2, 0.25) is 0 Å². The second-order valence-corrected chi connectivity index (χ2v) is 3.61. The SMILES string of the molecule is CC(=O)c1[se]ccc1O. The third kappa shape index (κ3) is 1.23. The van der Waals surface area contributed by atoms with Gasteiger partial charge >= 0.3 is 58.3 Å². The van der Waals surface area contributed by atoms with Crippen molar-refractivity contribution < 1.29 is 9.90 Å². The Morgan fingerprint density at radius 1 is 1.78 bits per heavy atom. The van der Waals surface area contributed by atoms with Gasteiger partial charge in [0.1, 0.15) is 0 Å². The van der Waals surface area contributed by atoms with E-state index in [1.807, 2.05) is 4.94 Å². The first-order chi connectivity index (χ1) is 4.22. The molecule has 0 aliphatic carbocycles. The molecule has 0 spiro atoms. The monoisotopic (exact) mass is 190 g/mol. The molecule has 0 saturated heterocycles. The minimum atomic E-state index is -0.0162. The molecule has 1 aromatic rings. The zero-order valence-electron chi connectivity index (χ0n) is 4.92. The summed E-state index contributed by atoms with van der Waals surface area (Å²) in [5, 5.41) is 8.95. The number of ketones is 1. The number of aromatic hydroxyl groups is 1. The van der Waals surface area contributed by atoms with Gasteiger partial charge in [0.25, 0.3) is 0 Å². The van der Waals surface area contributed by atoms with Gasteiger partial charge in [-0.1, -0.05) is 0 Å². The number of carbonyl (C=O) groups is 1. The van der Waals surface area contributed by atoms with Crippen LogP contribution in [0.5, 0.6) is 5.75 Å². The standard InChI is InChI=1S/C6H6O2Se/c1-4(7)6-5(8)2-3-9-6/h2-3,8H,1H3. The molecule has 0 radical (unpaired) electrons. The predicted octanol–water partition coefficient (Wildman–Crippen LogP) is 0.652. The van der Waals surface area contributed by atoms with Crippen molar-refractivity contribution in [2.75, 3.05) is 0 Å². The van der Waals surface area contributed by atoms with Crippen LogP contribution in [-0.2, 0) is 0 Å². The second kappa shape index (κ2) is 2.38. The van der Waals surface area contributed by atoms with Gasteiger partial charge < -0.3 is 0 Å². The molecule has 0 unspecified atom stereocenters. The van der Waals surface area contributed by atoms with Gasteiger partial charge in [0, 0.05) is 0 Å². The van der Waals surface area contributed by atoms with E-state index in [1.54, 1.807) is 6.07 Å². The van der Waals surface area contributed by atoms with Gasteiger partial charge in [-0.2, -0.15) is 0 Å². The van der Waals surface area contributed by atoms with E-state index in [-0.39, 0.29) is 26.0 Å². The van der Waals surface area contributed by atoms with Crippen molar-refractivity contribution in [2.45, 2.75) is 6.92 Å². The van der Waals surface area contributed by atoms with Gasteiger partial charge in [-0.3, -0.25) is 0 Å². The maximum absolute atomic E-state index is 10.6. The summed E-state index contributed by atoms with van der Waals surface area (Å²) in [7, 11) is 0. The van der Waals surface area contributed by atoms with Crippen LogP contribution in [0, 0.1) is 0 Å². The molecule has 2 nitrogen and oxygen atoms in total. The fourth-order valence-corrected chi connectivity index (χ4v) is 2.01. The van der Waals surface area contributed by atoms with Crippen molar-refractivity contribution in [3.8, 4) is 5.75 Å². The van der Waals surface area contributed by atoms with Crippen LogP contribution < -0.4 is 0 Å².